The van der Waals surface area contributed by atoms with Crippen LogP contribution < -0.4 is 0 Å². The first kappa shape index (κ1) is 78.7. The lowest BCUT2D eigenvalue weighted by molar-refractivity contribution is -0.161. The minimum atomic E-state index is -4.77. The molecule has 0 aromatic carbocycles. The van der Waals surface area contributed by atoms with Gasteiger partial charge in [0.15, 0.2) is 6.10 Å². The van der Waals surface area contributed by atoms with Gasteiger partial charge in [0.2, 0.25) is 0 Å². The summed E-state index contributed by atoms with van der Waals surface area (Å²) in [5.74, 6) is -1.48. The largest absolute Gasteiger partial charge is 0.472 e. The number of allylic oxidation sites excluding steroid dienone is 14. The van der Waals surface area contributed by atoms with Crippen molar-refractivity contribution in [2.24, 2.45) is 0 Å². The van der Waals surface area contributed by atoms with E-state index in [4.69, 9.17) is 23.3 Å². The molecule has 0 rings (SSSR count). The highest BCUT2D eigenvalue weighted by molar-refractivity contribution is 7.47. The molecular weight excluding hydrogens is 1050 g/mol. The second-order valence-electron chi connectivity index (χ2n) is 22.3. The van der Waals surface area contributed by atoms with Crippen LogP contribution in [-0.4, -0.2) is 66.5 Å². The fraction of sp³-hybridized carbons (Fsp3) is 0.757. The number of carbonyl (C=O) groups excluding carboxylic acids is 3. The molecule has 3 unspecified atom stereocenters. The number of hydrogen-bond acceptors (Lipinski definition) is 10. The average Bonchev–Trinajstić information content (AvgIpc) is 3.50. The minimum Gasteiger partial charge on any atom is -0.462 e. The van der Waals surface area contributed by atoms with Crippen molar-refractivity contribution < 1.29 is 52.2 Å². The fourth-order valence-electron chi connectivity index (χ4n) is 9.24. The van der Waals surface area contributed by atoms with Gasteiger partial charge in [0.05, 0.1) is 19.8 Å². The maximum absolute atomic E-state index is 13.0. The van der Waals surface area contributed by atoms with Gasteiger partial charge < -0.3 is 24.2 Å². The van der Waals surface area contributed by atoms with Crippen LogP contribution in [0, 0.1) is 0 Å². The number of unbranched alkanes of at least 4 members (excludes halogenated alkanes) is 31. The molecule has 0 fully saturated rings. The van der Waals surface area contributed by atoms with Crippen LogP contribution in [0.4, 0.5) is 0 Å². The zero-order chi connectivity index (χ0) is 59.8. The first-order valence-corrected chi connectivity index (χ1v) is 35.0. The van der Waals surface area contributed by atoms with Gasteiger partial charge in [0.1, 0.15) is 12.7 Å². The van der Waals surface area contributed by atoms with Crippen molar-refractivity contribution in [3.63, 3.8) is 0 Å². The number of rotatable bonds is 62. The summed E-state index contributed by atoms with van der Waals surface area (Å²) in [7, 11) is -4.77. The average molecular weight is 1170 g/mol. The van der Waals surface area contributed by atoms with Crippen molar-refractivity contribution in [3.05, 3.63) is 85.1 Å². The number of ether oxygens (including phenoxy) is 3. The molecule has 3 atom stereocenters. The van der Waals surface area contributed by atoms with Crippen molar-refractivity contribution in [3.8, 4) is 0 Å². The van der Waals surface area contributed by atoms with Crippen molar-refractivity contribution in [1.82, 2.24) is 0 Å². The zero-order valence-corrected chi connectivity index (χ0v) is 53.6. The lowest BCUT2D eigenvalue weighted by atomic mass is 10.0. The summed E-state index contributed by atoms with van der Waals surface area (Å²) in [5, 5.41) is 9.87. The molecule has 12 heteroatoms. The van der Waals surface area contributed by atoms with E-state index in [0.29, 0.717) is 19.3 Å². The smallest absolute Gasteiger partial charge is 0.462 e. The van der Waals surface area contributed by atoms with Gasteiger partial charge in [-0.15, -0.1) is 0 Å². The van der Waals surface area contributed by atoms with Crippen LogP contribution in [0.3, 0.4) is 0 Å². The first-order valence-electron chi connectivity index (χ1n) is 33.5. The Kier molecular flexibility index (Phi) is 61.1. The summed E-state index contributed by atoms with van der Waals surface area (Å²) in [6, 6.07) is 0. The van der Waals surface area contributed by atoms with Crippen molar-refractivity contribution in [1.29, 1.82) is 0 Å². The zero-order valence-electron chi connectivity index (χ0n) is 52.7. The summed E-state index contributed by atoms with van der Waals surface area (Å²) in [5.41, 5.74) is 0. The third-order valence-electron chi connectivity index (χ3n) is 14.3. The molecular formula is C70H123O11P. The maximum atomic E-state index is 13.0. The SMILES string of the molecule is CC/C=C\C/C=C\C/C=C\C/C=C\CCCCCCCCC(=O)OC(COC(=O)CCCCCCCCCCCCCCCCCCC)COP(=O)(O)OCC(CO)OC(=O)CCCCCCCC/C=C\C/C=C\C/C=C\CCCCC. The Hall–Kier alpha value is -3.34. The summed E-state index contributed by atoms with van der Waals surface area (Å²) in [6.45, 7) is 4.53. The Bertz CT molecular complexity index is 1700. The summed E-state index contributed by atoms with van der Waals surface area (Å²) in [4.78, 5) is 48.8. The third-order valence-corrected chi connectivity index (χ3v) is 15.3. The molecule has 11 nitrogen and oxygen atoms in total. The van der Waals surface area contributed by atoms with Gasteiger partial charge in [0.25, 0.3) is 0 Å². The molecule has 0 aromatic heterocycles. The molecule has 82 heavy (non-hydrogen) atoms. The Balaban J connectivity index is 4.71. The predicted molar refractivity (Wildman–Crippen MR) is 344 cm³/mol. The van der Waals surface area contributed by atoms with E-state index in [1.54, 1.807) is 0 Å². The number of phosphoric acid groups is 1. The van der Waals surface area contributed by atoms with Crippen LogP contribution >= 0.6 is 7.82 Å². The first-order chi connectivity index (χ1) is 40.2. The molecule has 0 aliphatic rings. The normalized spacial score (nSPS) is 13.8. The number of aliphatic hydroxyl groups is 1. The summed E-state index contributed by atoms with van der Waals surface area (Å²) >= 11 is 0. The molecule has 0 radical (unpaired) electrons. The van der Waals surface area contributed by atoms with Gasteiger partial charge >= 0.3 is 25.7 Å². The minimum absolute atomic E-state index is 0.150. The highest BCUT2D eigenvalue weighted by Crippen LogP contribution is 2.43. The molecule has 0 saturated carbocycles. The van der Waals surface area contributed by atoms with Crippen molar-refractivity contribution >= 4 is 25.7 Å². The van der Waals surface area contributed by atoms with E-state index < -0.39 is 57.8 Å². The molecule has 0 aromatic rings. The number of carbonyl (C=O) groups is 3. The van der Waals surface area contributed by atoms with Gasteiger partial charge in [-0.2, -0.15) is 0 Å². The lowest BCUT2D eigenvalue weighted by Crippen LogP contribution is -2.30. The molecule has 0 saturated heterocycles. The molecule has 2 N–H and O–H groups in total. The van der Waals surface area contributed by atoms with E-state index in [9.17, 15) is 28.9 Å². The molecule has 474 valence electrons. The quantitative estimate of drug-likeness (QED) is 0.0197. The lowest BCUT2D eigenvalue weighted by Gasteiger charge is -2.21. The van der Waals surface area contributed by atoms with E-state index in [0.717, 1.165) is 135 Å². The van der Waals surface area contributed by atoms with Crippen LogP contribution in [-0.2, 0) is 42.2 Å². The Morgan fingerprint density at radius 1 is 0.354 bits per heavy atom. The molecule has 0 heterocycles. The second kappa shape index (κ2) is 63.7. The Labute approximate surface area is 502 Å². The van der Waals surface area contributed by atoms with Crippen LogP contribution in [0.25, 0.3) is 0 Å². The van der Waals surface area contributed by atoms with Crippen molar-refractivity contribution in [2.45, 2.75) is 315 Å². The van der Waals surface area contributed by atoms with Gasteiger partial charge in [-0.3, -0.25) is 23.4 Å². The van der Waals surface area contributed by atoms with E-state index in [2.05, 4.69) is 106 Å². The highest BCUT2D eigenvalue weighted by atomic mass is 31.2. The van der Waals surface area contributed by atoms with Crippen LogP contribution in [0.2, 0.25) is 0 Å². The molecule has 0 amide bonds. The molecule has 0 aliphatic carbocycles. The Morgan fingerprint density at radius 2 is 0.634 bits per heavy atom. The maximum Gasteiger partial charge on any atom is 0.472 e. The topological polar surface area (TPSA) is 155 Å². The predicted octanol–water partition coefficient (Wildman–Crippen LogP) is 20.6. The summed E-state index contributed by atoms with van der Waals surface area (Å²) < 4.78 is 39.7. The number of hydrogen-bond donors (Lipinski definition) is 2. The van der Waals surface area contributed by atoms with E-state index in [1.807, 2.05) is 0 Å². The molecule has 0 bridgehead atoms. The van der Waals surface area contributed by atoms with Gasteiger partial charge in [-0.25, -0.2) is 4.57 Å². The van der Waals surface area contributed by atoms with Gasteiger partial charge in [-0.05, 0) is 96.3 Å². The Morgan fingerprint density at radius 3 is 1.00 bits per heavy atom. The third kappa shape index (κ3) is 61.2. The van der Waals surface area contributed by atoms with Crippen LogP contribution in [0.1, 0.15) is 303 Å². The number of aliphatic hydroxyl groups excluding tert-OH is 1. The standard InChI is InChI=1S/C70H123O11P/c1-4-7-10-13-16-19-22-25-28-31-33-36-39-42-45-48-51-54-57-60-69(73)80-66(62-71)64-78-82(75,76)79-65-67(63-77-68(72)59-56-53-50-47-44-41-38-35-30-27-24-21-18-15-12-9-6-3)81-70(74)61-58-55-52-49-46-43-40-37-34-32-29-26-23-20-17-14-11-8-5-2/h8,11,16-17,19-20,25-26,28-29,33-34,36-37,66-67,71H,4-7,9-10,12-15,18,21-24,27,30-32,35,38-65H2,1-3H3,(H,75,76)/b11-8-,19-16-,20-17-,28-25-,29-26-,36-33-,37-34-. The van der Waals surface area contributed by atoms with Crippen LogP contribution in [0.5, 0.6) is 0 Å². The molecule has 0 aliphatic heterocycles. The highest BCUT2D eigenvalue weighted by Gasteiger charge is 2.28. The van der Waals surface area contributed by atoms with E-state index >= 15 is 0 Å². The van der Waals surface area contributed by atoms with Gasteiger partial charge in [-0.1, -0.05) is 273 Å². The van der Waals surface area contributed by atoms with Gasteiger partial charge in [0, 0.05) is 19.3 Å². The van der Waals surface area contributed by atoms with Crippen LogP contribution in [0.15, 0.2) is 85.1 Å². The number of esters is 3. The van der Waals surface area contributed by atoms with E-state index in [-0.39, 0.29) is 25.9 Å². The van der Waals surface area contributed by atoms with Crippen molar-refractivity contribution in [2.75, 3.05) is 26.4 Å². The fourth-order valence-corrected chi connectivity index (χ4v) is 10.0. The monoisotopic (exact) mass is 1170 g/mol. The number of phosphoric ester groups is 1. The second-order valence-corrected chi connectivity index (χ2v) is 23.7. The van der Waals surface area contributed by atoms with E-state index in [1.165, 1.54) is 109 Å². The summed E-state index contributed by atoms with van der Waals surface area (Å²) in [6.07, 6.45) is 75.2. The molecule has 0 spiro atoms.